The monoisotopic (exact) mass is 298 g/mol. The Labute approximate surface area is 97.5 Å². The van der Waals surface area contributed by atoms with E-state index >= 15 is 0 Å². The molecule has 1 nitrogen and oxygen atoms in total. The van der Waals surface area contributed by atoms with Crippen molar-refractivity contribution in [3.05, 3.63) is 34.1 Å². The molecular formula is C10H7BrF4O. The summed E-state index contributed by atoms with van der Waals surface area (Å²) in [5.74, 6) is -0.590. The molecule has 0 radical (unpaired) electrons. The van der Waals surface area contributed by atoms with E-state index in [4.69, 9.17) is 4.74 Å². The highest BCUT2D eigenvalue weighted by atomic mass is 79.9. The van der Waals surface area contributed by atoms with Gasteiger partial charge < -0.3 is 4.74 Å². The van der Waals surface area contributed by atoms with E-state index in [1.54, 1.807) is 0 Å². The lowest BCUT2D eigenvalue weighted by molar-refractivity contribution is -0.333. The van der Waals surface area contributed by atoms with Crippen LogP contribution in [-0.4, -0.2) is 12.8 Å². The van der Waals surface area contributed by atoms with E-state index in [-0.39, 0.29) is 23.1 Å². The maximum atomic E-state index is 12.9. The van der Waals surface area contributed by atoms with Gasteiger partial charge in [0.15, 0.2) is 5.60 Å². The molecule has 1 aliphatic heterocycles. The zero-order valence-corrected chi connectivity index (χ0v) is 9.53. The van der Waals surface area contributed by atoms with Crippen molar-refractivity contribution >= 4 is 15.9 Å². The maximum Gasteiger partial charge on any atom is 0.421 e. The van der Waals surface area contributed by atoms with E-state index in [0.29, 0.717) is 0 Å². The minimum absolute atomic E-state index is 0.0589. The van der Waals surface area contributed by atoms with Crippen LogP contribution < -0.4 is 0 Å². The van der Waals surface area contributed by atoms with Gasteiger partial charge in [0.05, 0.1) is 6.61 Å². The van der Waals surface area contributed by atoms with Crippen LogP contribution in [0.3, 0.4) is 0 Å². The number of hydrogen-bond donors (Lipinski definition) is 0. The highest BCUT2D eigenvalue weighted by Crippen LogP contribution is 2.51. The number of halogens is 5. The predicted octanol–water partition coefficient (Wildman–Crippen LogP) is 3.77. The predicted molar refractivity (Wildman–Crippen MR) is 52.4 cm³/mol. The summed E-state index contributed by atoms with van der Waals surface area (Å²) in [7, 11) is 0. The molecule has 1 aromatic carbocycles. The summed E-state index contributed by atoms with van der Waals surface area (Å²) in [4.78, 5) is 0. The summed E-state index contributed by atoms with van der Waals surface area (Å²) in [6.07, 6.45) is -4.63. The molecule has 1 aromatic rings. The molecule has 0 N–H and O–H groups in total. The number of benzene rings is 1. The van der Waals surface area contributed by atoms with E-state index in [2.05, 4.69) is 15.9 Å². The number of hydrogen-bond acceptors (Lipinski definition) is 1. The van der Waals surface area contributed by atoms with Gasteiger partial charge in [-0.3, -0.25) is 0 Å². The summed E-state index contributed by atoms with van der Waals surface area (Å²) in [5, 5.41) is 0. The second-order valence-electron chi connectivity index (χ2n) is 3.55. The van der Waals surface area contributed by atoms with Gasteiger partial charge in [-0.1, -0.05) is 22.0 Å². The molecule has 0 bridgehead atoms. The van der Waals surface area contributed by atoms with E-state index < -0.39 is 17.6 Å². The van der Waals surface area contributed by atoms with Gasteiger partial charge in [-0.15, -0.1) is 0 Å². The molecule has 0 amide bonds. The molecule has 1 unspecified atom stereocenters. The van der Waals surface area contributed by atoms with Gasteiger partial charge in [-0.2, -0.15) is 13.2 Å². The van der Waals surface area contributed by atoms with E-state index in [9.17, 15) is 17.6 Å². The Hall–Kier alpha value is -0.620. The van der Waals surface area contributed by atoms with Crippen LogP contribution in [0, 0.1) is 5.82 Å². The van der Waals surface area contributed by atoms with Crippen LogP contribution >= 0.6 is 15.9 Å². The number of alkyl halides is 3. The fraction of sp³-hybridized carbons (Fsp3) is 0.400. The highest BCUT2D eigenvalue weighted by molar-refractivity contribution is 9.10. The first-order chi connectivity index (χ1) is 7.37. The quantitative estimate of drug-likeness (QED) is 0.717. The Kier molecular flexibility index (Phi) is 2.74. The molecule has 16 heavy (non-hydrogen) atoms. The molecule has 1 heterocycles. The molecule has 2 rings (SSSR count). The van der Waals surface area contributed by atoms with Crippen LogP contribution in [0.2, 0.25) is 0 Å². The third kappa shape index (κ3) is 1.64. The van der Waals surface area contributed by atoms with Crippen LogP contribution in [-0.2, 0) is 10.3 Å². The first-order valence-electron chi connectivity index (χ1n) is 4.53. The van der Waals surface area contributed by atoms with E-state index in [0.717, 1.165) is 18.2 Å². The van der Waals surface area contributed by atoms with Gasteiger partial charge in [0.25, 0.3) is 0 Å². The van der Waals surface area contributed by atoms with Crippen LogP contribution in [0.25, 0.3) is 0 Å². The largest absolute Gasteiger partial charge is 0.421 e. The molecular weight excluding hydrogens is 292 g/mol. The Morgan fingerprint density at radius 2 is 1.94 bits per heavy atom. The average molecular weight is 299 g/mol. The van der Waals surface area contributed by atoms with Crippen molar-refractivity contribution in [3.8, 4) is 0 Å². The molecule has 1 atom stereocenters. The van der Waals surface area contributed by atoms with Crippen molar-refractivity contribution in [2.75, 3.05) is 6.61 Å². The lowest BCUT2D eigenvalue weighted by Crippen LogP contribution is -2.52. The van der Waals surface area contributed by atoms with Crippen molar-refractivity contribution in [1.82, 2.24) is 0 Å². The van der Waals surface area contributed by atoms with Crippen LogP contribution in [0.5, 0.6) is 0 Å². The van der Waals surface area contributed by atoms with Crippen molar-refractivity contribution in [3.63, 3.8) is 0 Å². The maximum absolute atomic E-state index is 12.9. The Balaban J connectivity index is 2.49. The Bertz CT molecular complexity index is 412. The standard InChI is InChI=1S/C10H7BrF4O/c11-8-5-6(12)1-2-7(8)9(3-4-16-9)10(13,14)15/h1-2,5H,3-4H2. The van der Waals surface area contributed by atoms with E-state index in [1.807, 2.05) is 0 Å². The number of rotatable bonds is 1. The molecule has 1 aliphatic rings. The van der Waals surface area contributed by atoms with Gasteiger partial charge in [0.2, 0.25) is 0 Å². The minimum Gasteiger partial charge on any atom is -0.361 e. The Morgan fingerprint density at radius 3 is 2.31 bits per heavy atom. The Morgan fingerprint density at radius 1 is 1.31 bits per heavy atom. The number of ether oxygens (including phenoxy) is 1. The summed E-state index contributed by atoms with van der Waals surface area (Å²) < 4.78 is 56.2. The summed E-state index contributed by atoms with van der Waals surface area (Å²) in [6.45, 7) is 0.0589. The molecule has 0 saturated carbocycles. The van der Waals surface area contributed by atoms with Gasteiger partial charge >= 0.3 is 6.18 Å². The minimum atomic E-state index is -4.49. The molecule has 1 fully saturated rings. The van der Waals surface area contributed by atoms with Gasteiger partial charge in [0.1, 0.15) is 5.82 Å². The normalized spacial score (nSPS) is 25.3. The third-order valence-electron chi connectivity index (χ3n) is 2.63. The molecule has 1 saturated heterocycles. The first-order valence-corrected chi connectivity index (χ1v) is 5.32. The van der Waals surface area contributed by atoms with Gasteiger partial charge in [0, 0.05) is 16.5 Å². The summed E-state index contributed by atoms with van der Waals surface area (Å²) in [6, 6.07) is 3.10. The topological polar surface area (TPSA) is 9.23 Å². The fourth-order valence-corrected chi connectivity index (χ4v) is 2.38. The molecule has 6 heteroatoms. The summed E-state index contributed by atoms with van der Waals surface area (Å²) in [5.41, 5.74) is -2.35. The van der Waals surface area contributed by atoms with Crippen molar-refractivity contribution in [2.24, 2.45) is 0 Å². The highest BCUT2D eigenvalue weighted by Gasteiger charge is 2.62. The van der Waals surface area contributed by atoms with Crippen molar-refractivity contribution in [2.45, 2.75) is 18.2 Å². The van der Waals surface area contributed by atoms with Gasteiger partial charge in [-0.25, -0.2) is 4.39 Å². The zero-order chi connectivity index (χ0) is 12.0. The molecule has 88 valence electrons. The SMILES string of the molecule is Fc1ccc(C2(C(F)(F)F)CCO2)c(Br)c1. The second kappa shape index (κ2) is 3.70. The van der Waals surface area contributed by atoms with Crippen LogP contribution in [0.4, 0.5) is 17.6 Å². The lowest BCUT2D eigenvalue weighted by Gasteiger charge is -2.43. The first kappa shape index (κ1) is 11.9. The van der Waals surface area contributed by atoms with Gasteiger partial charge in [-0.05, 0) is 12.1 Å². The lowest BCUT2D eigenvalue weighted by atomic mass is 9.86. The van der Waals surface area contributed by atoms with E-state index in [1.165, 1.54) is 0 Å². The smallest absolute Gasteiger partial charge is 0.361 e. The van der Waals surface area contributed by atoms with Crippen LogP contribution in [0.15, 0.2) is 22.7 Å². The molecule has 0 spiro atoms. The van der Waals surface area contributed by atoms with Crippen molar-refractivity contribution in [1.29, 1.82) is 0 Å². The summed E-state index contributed by atoms with van der Waals surface area (Å²) >= 11 is 2.93. The fourth-order valence-electron chi connectivity index (χ4n) is 1.71. The second-order valence-corrected chi connectivity index (χ2v) is 4.40. The van der Waals surface area contributed by atoms with Crippen LogP contribution in [0.1, 0.15) is 12.0 Å². The van der Waals surface area contributed by atoms with Crippen molar-refractivity contribution < 1.29 is 22.3 Å². The molecule has 0 aliphatic carbocycles. The zero-order valence-electron chi connectivity index (χ0n) is 7.94. The average Bonchev–Trinajstić information content (AvgIpc) is 2.04. The molecule has 0 aromatic heterocycles. The third-order valence-corrected chi connectivity index (χ3v) is 3.28.